The Balaban J connectivity index is 2.27. The molecule has 0 saturated carbocycles. The van der Waals surface area contributed by atoms with Crippen molar-refractivity contribution in [2.45, 2.75) is 32.7 Å². The number of aromatic nitrogens is 1. The van der Waals surface area contributed by atoms with Crippen LogP contribution in [-0.2, 0) is 6.42 Å². The van der Waals surface area contributed by atoms with Gasteiger partial charge in [-0.15, -0.1) is 0 Å². The molecule has 0 aliphatic heterocycles. The molecule has 112 valence electrons. The first-order chi connectivity index (χ1) is 10.1. The van der Waals surface area contributed by atoms with Crippen molar-refractivity contribution in [3.8, 4) is 0 Å². The zero-order valence-electron chi connectivity index (χ0n) is 12.6. The van der Waals surface area contributed by atoms with Crippen molar-refractivity contribution in [2.75, 3.05) is 12.3 Å². The lowest BCUT2D eigenvalue weighted by molar-refractivity contribution is 0.527. The summed E-state index contributed by atoms with van der Waals surface area (Å²) < 4.78 is 1.14. The summed E-state index contributed by atoms with van der Waals surface area (Å²) in [4.78, 5) is 4.19. The third-order valence-electron chi connectivity index (χ3n) is 3.54. The minimum atomic E-state index is 0.228. The summed E-state index contributed by atoms with van der Waals surface area (Å²) in [7, 11) is 0. The Morgan fingerprint density at radius 2 is 2.14 bits per heavy atom. The molecule has 1 aromatic carbocycles. The van der Waals surface area contributed by atoms with Gasteiger partial charge < -0.3 is 11.1 Å². The van der Waals surface area contributed by atoms with Crippen LogP contribution in [0.4, 0.5) is 5.69 Å². The second-order valence-electron chi connectivity index (χ2n) is 5.31. The average Bonchev–Trinajstić information content (AvgIpc) is 2.46. The number of pyridine rings is 1. The molecule has 0 aliphatic carbocycles. The first-order valence-corrected chi connectivity index (χ1v) is 8.09. The first-order valence-electron chi connectivity index (χ1n) is 7.29. The number of anilines is 1. The van der Waals surface area contributed by atoms with Gasteiger partial charge in [0.25, 0.3) is 0 Å². The molecule has 0 amide bonds. The summed E-state index contributed by atoms with van der Waals surface area (Å²) >= 11 is 3.68. The van der Waals surface area contributed by atoms with Crippen molar-refractivity contribution in [3.63, 3.8) is 0 Å². The monoisotopic (exact) mass is 347 g/mol. The lowest BCUT2D eigenvalue weighted by atomic mass is 9.98. The van der Waals surface area contributed by atoms with E-state index >= 15 is 0 Å². The molecule has 4 heteroatoms. The molecule has 0 radical (unpaired) electrons. The zero-order valence-corrected chi connectivity index (χ0v) is 14.2. The maximum Gasteiger partial charge on any atom is 0.0378 e. The van der Waals surface area contributed by atoms with Gasteiger partial charge in [0.1, 0.15) is 0 Å². The highest BCUT2D eigenvalue weighted by Crippen LogP contribution is 2.28. The quantitative estimate of drug-likeness (QED) is 0.829. The lowest BCUT2D eigenvalue weighted by Crippen LogP contribution is -2.25. The Labute approximate surface area is 135 Å². The van der Waals surface area contributed by atoms with Gasteiger partial charge in [0.2, 0.25) is 0 Å². The van der Waals surface area contributed by atoms with E-state index in [4.69, 9.17) is 5.73 Å². The maximum absolute atomic E-state index is 6.06. The highest BCUT2D eigenvalue weighted by atomic mass is 79.9. The van der Waals surface area contributed by atoms with Gasteiger partial charge in [-0.05, 0) is 55.1 Å². The Hall–Kier alpha value is -1.39. The topological polar surface area (TPSA) is 50.9 Å². The molecule has 1 unspecified atom stereocenters. The van der Waals surface area contributed by atoms with Crippen molar-refractivity contribution < 1.29 is 0 Å². The molecular formula is C17H22BrN3. The van der Waals surface area contributed by atoms with Gasteiger partial charge in [-0.2, -0.15) is 0 Å². The standard InChI is InChI=1S/C17H22BrN3/c1-3-7-21-17(10-13-11-20-8-6-16(13)19)14-5-4-12(2)9-15(14)18/h4-6,8-9,11,17,21H,3,7,10H2,1-2H3,(H2,19,20). The van der Waals surface area contributed by atoms with E-state index in [1.807, 2.05) is 12.3 Å². The van der Waals surface area contributed by atoms with Crippen molar-refractivity contribution in [2.24, 2.45) is 0 Å². The van der Waals surface area contributed by atoms with E-state index in [9.17, 15) is 0 Å². The molecular weight excluding hydrogens is 326 g/mol. The van der Waals surface area contributed by atoms with Crippen molar-refractivity contribution >= 4 is 21.6 Å². The normalized spacial score (nSPS) is 12.3. The third-order valence-corrected chi connectivity index (χ3v) is 4.22. The fraction of sp³-hybridized carbons (Fsp3) is 0.353. The van der Waals surface area contributed by atoms with Crippen LogP contribution in [0, 0.1) is 6.92 Å². The van der Waals surface area contributed by atoms with E-state index in [1.54, 1.807) is 6.20 Å². The van der Waals surface area contributed by atoms with Crippen LogP contribution in [0.25, 0.3) is 0 Å². The number of nitrogens with two attached hydrogens (primary N) is 1. The zero-order chi connectivity index (χ0) is 15.2. The van der Waals surface area contributed by atoms with E-state index in [0.29, 0.717) is 0 Å². The van der Waals surface area contributed by atoms with Gasteiger partial charge >= 0.3 is 0 Å². The second kappa shape index (κ2) is 7.57. The van der Waals surface area contributed by atoms with Crippen LogP contribution < -0.4 is 11.1 Å². The van der Waals surface area contributed by atoms with E-state index < -0.39 is 0 Å². The molecule has 2 aromatic rings. The van der Waals surface area contributed by atoms with Gasteiger partial charge in [-0.3, -0.25) is 4.98 Å². The minimum absolute atomic E-state index is 0.228. The van der Waals surface area contributed by atoms with Crippen LogP contribution in [0.2, 0.25) is 0 Å². The number of rotatable bonds is 6. The Kier molecular flexibility index (Phi) is 5.76. The van der Waals surface area contributed by atoms with Gasteiger partial charge in [-0.1, -0.05) is 35.0 Å². The molecule has 0 saturated heterocycles. The molecule has 1 atom stereocenters. The molecule has 1 heterocycles. The second-order valence-corrected chi connectivity index (χ2v) is 6.16. The van der Waals surface area contributed by atoms with Gasteiger partial charge in [0.15, 0.2) is 0 Å². The number of hydrogen-bond donors (Lipinski definition) is 2. The number of halogens is 1. The van der Waals surface area contributed by atoms with Crippen LogP contribution in [0.1, 0.15) is 36.1 Å². The third kappa shape index (κ3) is 4.29. The molecule has 0 spiro atoms. The lowest BCUT2D eigenvalue weighted by Gasteiger charge is -2.21. The maximum atomic E-state index is 6.06. The summed E-state index contributed by atoms with van der Waals surface area (Å²) in [5, 5.41) is 3.61. The number of nitrogens with one attached hydrogen (secondary N) is 1. The Morgan fingerprint density at radius 1 is 1.33 bits per heavy atom. The molecule has 1 aromatic heterocycles. The minimum Gasteiger partial charge on any atom is -0.398 e. The fourth-order valence-electron chi connectivity index (χ4n) is 2.35. The molecule has 0 fully saturated rings. The summed E-state index contributed by atoms with van der Waals surface area (Å²) in [6, 6.07) is 8.57. The SMILES string of the molecule is CCCNC(Cc1cnccc1N)c1ccc(C)cc1Br. The van der Waals surface area contributed by atoms with Gasteiger partial charge in [0, 0.05) is 28.6 Å². The summed E-state index contributed by atoms with van der Waals surface area (Å²) in [6.07, 6.45) is 5.52. The summed E-state index contributed by atoms with van der Waals surface area (Å²) in [6.45, 7) is 5.25. The average molecular weight is 348 g/mol. The van der Waals surface area contributed by atoms with E-state index in [-0.39, 0.29) is 6.04 Å². The largest absolute Gasteiger partial charge is 0.398 e. The highest BCUT2D eigenvalue weighted by molar-refractivity contribution is 9.10. The van der Waals surface area contributed by atoms with Crippen LogP contribution in [0.5, 0.6) is 0 Å². The van der Waals surface area contributed by atoms with Crippen molar-refractivity contribution in [1.29, 1.82) is 0 Å². The summed E-state index contributed by atoms with van der Waals surface area (Å²) in [5.74, 6) is 0. The molecule has 0 bridgehead atoms. The van der Waals surface area contributed by atoms with Gasteiger partial charge in [-0.25, -0.2) is 0 Å². The van der Waals surface area contributed by atoms with E-state index in [0.717, 1.165) is 35.1 Å². The Bertz CT molecular complexity index is 598. The van der Waals surface area contributed by atoms with E-state index in [1.165, 1.54) is 11.1 Å². The van der Waals surface area contributed by atoms with Crippen LogP contribution in [0.3, 0.4) is 0 Å². The highest BCUT2D eigenvalue weighted by Gasteiger charge is 2.16. The number of nitrogen functional groups attached to an aromatic ring is 1. The van der Waals surface area contributed by atoms with Crippen LogP contribution >= 0.6 is 15.9 Å². The first kappa shape index (κ1) is 16.0. The number of benzene rings is 1. The van der Waals surface area contributed by atoms with Crippen LogP contribution in [0.15, 0.2) is 41.1 Å². The predicted molar refractivity (Wildman–Crippen MR) is 92.3 cm³/mol. The van der Waals surface area contributed by atoms with Crippen molar-refractivity contribution in [3.05, 3.63) is 57.8 Å². The predicted octanol–water partition coefficient (Wildman–Crippen LogP) is 4.02. The Morgan fingerprint density at radius 3 is 2.81 bits per heavy atom. The van der Waals surface area contributed by atoms with Gasteiger partial charge in [0.05, 0.1) is 0 Å². The molecule has 0 aliphatic rings. The van der Waals surface area contributed by atoms with Crippen molar-refractivity contribution in [1.82, 2.24) is 10.3 Å². The molecule has 3 nitrogen and oxygen atoms in total. The number of aryl methyl sites for hydroxylation is 1. The molecule has 21 heavy (non-hydrogen) atoms. The fourth-order valence-corrected chi connectivity index (χ4v) is 3.12. The number of hydrogen-bond acceptors (Lipinski definition) is 3. The van der Waals surface area contributed by atoms with Crippen LogP contribution in [-0.4, -0.2) is 11.5 Å². The smallest absolute Gasteiger partial charge is 0.0378 e. The molecule has 3 N–H and O–H groups in total. The molecule has 2 rings (SSSR count). The summed E-state index contributed by atoms with van der Waals surface area (Å²) in [5.41, 5.74) is 10.5. The van der Waals surface area contributed by atoms with E-state index in [2.05, 4.69) is 58.3 Å². The number of nitrogens with zero attached hydrogens (tertiary/aromatic N) is 1.